The minimum atomic E-state index is -0.522. The minimum absolute atomic E-state index is 0.0898. The van der Waals surface area contributed by atoms with Gasteiger partial charge in [-0.25, -0.2) is 4.98 Å². The van der Waals surface area contributed by atoms with Crippen LogP contribution in [0.25, 0.3) is 11.0 Å². The third kappa shape index (κ3) is 3.75. The zero-order valence-corrected chi connectivity index (χ0v) is 14.6. The molecule has 0 aliphatic heterocycles. The molecule has 0 saturated carbocycles. The lowest BCUT2D eigenvalue weighted by atomic mass is 10.2. The predicted octanol–water partition coefficient (Wildman–Crippen LogP) is 3.86. The maximum atomic E-state index is 12.2. The van der Waals surface area contributed by atoms with Crippen LogP contribution in [0.2, 0.25) is 0 Å². The molecule has 0 radical (unpaired) electrons. The summed E-state index contributed by atoms with van der Waals surface area (Å²) >= 11 is 1.28. The van der Waals surface area contributed by atoms with E-state index in [-0.39, 0.29) is 23.0 Å². The van der Waals surface area contributed by atoms with Crippen molar-refractivity contribution in [1.29, 1.82) is 0 Å². The Labute approximate surface area is 153 Å². The summed E-state index contributed by atoms with van der Waals surface area (Å²) in [6, 6.07) is 13.8. The predicted molar refractivity (Wildman–Crippen MR) is 102 cm³/mol. The van der Waals surface area contributed by atoms with Gasteiger partial charge >= 0.3 is 0 Å². The van der Waals surface area contributed by atoms with Crippen LogP contribution < -0.4 is 5.32 Å². The van der Waals surface area contributed by atoms with E-state index >= 15 is 0 Å². The number of hydrogen-bond acceptors (Lipinski definition) is 5. The van der Waals surface area contributed by atoms with Crippen LogP contribution in [0.4, 0.5) is 11.4 Å². The average Bonchev–Trinajstić information content (AvgIpc) is 2.98. The van der Waals surface area contributed by atoms with Gasteiger partial charge in [-0.05, 0) is 18.2 Å². The summed E-state index contributed by atoms with van der Waals surface area (Å²) < 4.78 is 1.98. The second kappa shape index (κ2) is 7.83. The van der Waals surface area contributed by atoms with Crippen LogP contribution in [0.3, 0.4) is 0 Å². The Kier molecular flexibility index (Phi) is 5.33. The molecule has 0 spiro atoms. The number of para-hydroxylation sites is 4. The van der Waals surface area contributed by atoms with Crippen molar-refractivity contribution < 1.29 is 9.72 Å². The topological polar surface area (TPSA) is 90.1 Å². The van der Waals surface area contributed by atoms with Gasteiger partial charge in [-0.2, -0.15) is 0 Å². The van der Waals surface area contributed by atoms with Gasteiger partial charge in [0.2, 0.25) is 5.91 Å². The molecular formula is C18H16N4O3S. The molecule has 0 aliphatic rings. The Morgan fingerprint density at radius 3 is 2.77 bits per heavy atom. The minimum Gasteiger partial charge on any atom is -0.320 e. The molecule has 0 unspecified atom stereocenters. The maximum absolute atomic E-state index is 12.2. The fourth-order valence-electron chi connectivity index (χ4n) is 2.52. The van der Waals surface area contributed by atoms with Gasteiger partial charge in [-0.3, -0.25) is 14.9 Å². The second-order valence-corrected chi connectivity index (χ2v) is 6.34. The molecule has 0 atom stereocenters. The standard InChI is InChI=1S/C18H16N4O3S/c1-2-11-21-15-9-5-3-7-13(15)20-18(21)26-12-17(23)19-14-8-4-6-10-16(14)22(24)25/h2-10H,1,11-12H2,(H,19,23). The number of anilines is 1. The van der Waals surface area contributed by atoms with Crippen LogP contribution >= 0.6 is 11.8 Å². The summed E-state index contributed by atoms with van der Waals surface area (Å²) in [5, 5.41) is 14.3. The number of thioether (sulfide) groups is 1. The van der Waals surface area contributed by atoms with Gasteiger partial charge < -0.3 is 9.88 Å². The number of nitro groups is 1. The van der Waals surface area contributed by atoms with E-state index in [1.54, 1.807) is 18.2 Å². The van der Waals surface area contributed by atoms with Crippen LogP contribution in [-0.2, 0) is 11.3 Å². The number of nitrogens with one attached hydrogen (secondary N) is 1. The molecule has 0 fully saturated rings. The molecule has 3 rings (SSSR count). The van der Waals surface area contributed by atoms with E-state index in [4.69, 9.17) is 0 Å². The Hall–Kier alpha value is -3.13. The van der Waals surface area contributed by atoms with Crippen molar-refractivity contribution >= 4 is 40.1 Å². The molecule has 1 heterocycles. The largest absolute Gasteiger partial charge is 0.320 e. The Morgan fingerprint density at radius 2 is 2.00 bits per heavy atom. The quantitative estimate of drug-likeness (QED) is 0.296. The fraction of sp³-hybridized carbons (Fsp3) is 0.111. The summed E-state index contributed by atoms with van der Waals surface area (Å²) in [4.78, 5) is 27.3. The SMILES string of the molecule is C=CCn1c(SCC(=O)Nc2ccccc2[N+](=O)[O-])nc2ccccc21. The number of hydrogen-bond donors (Lipinski definition) is 1. The van der Waals surface area contributed by atoms with Crippen molar-refractivity contribution in [3.05, 3.63) is 71.3 Å². The number of allylic oxidation sites excluding steroid dienone is 1. The first kappa shape index (κ1) is 17.7. The lowest BCUT2D eigenvalue weighted by Crippen LogP contribution is -2.15. The van der Waals surface area contributed by atoms with Gasteiger partial charge in [0.25, 0.3) is 5.69 Å². The first-order valence-corrected chi connectivity index (χ1v) is 8.81. The van der Waals surface area contributed by atoms with Crippen molar-refractivity contribution in [3.63, 3.8) is 0 Å². The molecule has 3 aromatic rings. The van der Waals surface area contributed by atoms with E-state index in [0.29, 0.717) is 11.7 Å². The molecule has 7 nitrogen and oxygen atoms in total. The van der Waals surface area contributed by atoms with Gasteiger partial charge in [-0.15, -0.1) is 6.58 Å². The third-order valence-corrected chi connectivity index (χ3v) is 4.61. The number of carbonyl (C=O) groups excluding carboxylic acids is 1. The zero-order valence-electron chi connectivity index (χ0n) is 13.8. The molecule has 0 saturated heterocycles. The third-order valence-electron chi connectivity index (χ3n) is 3.64. The van der Waals surface area contributed by atoms with E-state index in [1.165, 1.54) is 23.9 Å². The van der Waals surface area contributed by atoms with Crippen LogP contribution in [-0.4, -0.2) is 26.1 Å². The van der Waals surface area contributed by atoms with Gasteiger partial charge in [0.05, 0.1) is 21.7 Å². The van der Waals surface area contributed by atoms with Gasteiger partial charge in [0.15, 0.2) is 5.16 Å². The number of aromatic nitrogens is 2. The zero-order chi connectivity index (χ0) is 18.5. The maximum Gasteiger partial charge on any atom is 0.292 e. The lowest BCUT2D eigenvalue weighted by molar-refractivity contribution is -0.383. The van der Waals surface area contributed by atoms with Crippen molar-refractivity contribution in [2.75, 3.05) is 11.1 Å². The van der Waals surface area contributed by atoms with Crippen molar-refractivity contribution in [2.45, 2.75) is 11.7 Å². The molecule has 26 heavy (non-hydrogen) atoms. The number of nitro benzene ring substituents is 1. The number of imidazole rings is 1. The summed E-state index contributed by atoms with van der Waals surface area (Å²) in [5.74, 6) is -0.242. The van der Waals surface area contributed by atoms with Crippen LogP contribution in [0.1, 0.15) is 0 Å². The summed E-state index contributed by atoms with van der Waals surface area (Å²) in [5.41, 5.74) is 1.86. The second-order valence-electron chi connectivity index (χ2n) is 5.39. The van der Waals surface area contributed by atoms with Gasteiger partial charge in [-0.1, -0.05) is 42.1 Å². The molecule has 2 aromatic carbocycles. The summed E-state index contributed by atoms with van der Waals surface area (Å²) in [6.07, 6.45) is 1.77. The smallest absolute Gasteiger partial charge is 0.292 e. The van der Waals surface area contributed by atoms with E-state index in [2.05, 4.69) is 16.9 Å². The molecule has 0 aliphatic carbocycles. The molecule has 0 bridgehead atoms. The van der Waals surface area contributed by atoms with E-state index in [9.17, 15) is 14.9 Å². The monoisotopic (exact) mass is 368 g/mol. The number of carbonyl (C=O) groups is 1. The summed E-state index contributed by atoms with van der Waals surface area (Å²) in [6.45, 7) is 4.34. The highest BCUT2D eigenvalue weighted by Gasteiger charge is 2.16. The lowest BCUT2D eigenvalue weighted by Gasteiger charge is -2.07. The highest BCUT2D eigenvalue weighted by Crippen LogP contribution is 2.26. The van der Waals surface area contributed by atoms with Gasteiger partial charge in [0, 0.05) is 12.6 Å². The average molecular weight is 368 g/mol. The first-order valence-electron chi connectivity index (χ1n) is 7.82. The normalized spacial score (nSPS) is 10.6. The molecule has 132 valence electrons. The molecular weight excluding hydrogens is 352 g/mol. The fourth-order valence-corrected chi connectivity index (χ4v) is 3.35. The van der Waals surface area contributed by atoms with Crippen LogP contribution in [0.5, 0.6) is 0 Å². The van der Waals surface area contributed by atoms with Crippen LogP contribution in [0.15, 0.2) is 66.3 Å². The highest BCUT2D eigenvalue weighted by atomic mass is 32.2. The van der Waals surface area contributed by atoms with Gasteiger partial charge in [0.1, 0.15) is 5.69 Å². The number of rotatable bonds is 7. The molecule has 8 heteroatoms. The Balaban J connectivity index is 1.74. The highest BCUT2D eigenvalue weighted by molar-refractivity contribution is 7.99. The van der Waals surface area contributed by atoms with Crippen molar-refractivity contribution in [2.24, 2.45) is 0 Å². The number of fused-ring (bicyclic) bond motifs is 1. The molecule has 1 aromatic heterocycles. The van der Waals surface area contributed by atoms with E-state index < -0.39 is 4.92 Å². The number of nitrogens with zero attached hydrogens (tertiary/aromatic N) is 3. The first-order chi connectivity index (χ1) is 12.6. The van der Waals surface area contributed by atoms with Crippen molar-refractivity contribution in [3.8, 4) is 0 Å². The summed E-state index contributed by atoms with van der Waals surface area (Å²) in [7, 11) is 0. The van der Waals surface area contributed by atoms with Crippen molar-refractivity contribution in [1.82, 2.24) is 9.55 Å². The number of benzene rings is 2. The van der Waals surface area contributed by atoms with E-state index in [1.807, 2.05) is 28.8 Å². The van der Waals surface area contributed by atoms with Crippen LogP contribution in [0, 0.1) is 10.1 Å². The van der Waals surface area contributed by atoms with E-state index in [0.717, 1.165) is 11.0 Å². The number of amides is 1. The Morgan fingerprint density at radius 1 is 1.27 bits per heavy atom. The molecule has 1 N–H and O–H groups in total. The molecule has 1 amide bonds. The Bertz CT molecular complexity index is 983.